The minimum atomic E-state index is -0.953. The van der Waals surface area contributed by atoms with Gasteiger partial charge in [0.2, 0.25) is 17.8 Å². The molecular weight excluding hydrogens is 410 g/mol. The number of anilines is 3. The van der Waals surface area contributed by atoms with Crippen molar-refractivity contribution in [2.45, 2.75) is 64.5 Å². The summed E-state index contributed by atoms with van der Waals surface area (Å²) in [6.45, 7) is 6.09. The molecule has 0 aliphatic carbocycles. The van der Waals surface area contributed by atoms with Crippen molar-refractivity contribution in [3.8, 4) is 5.75 Å². The van der Waals surface area contributed by atoms with Crippen LogP contribution in [0.5, 0.6) is 5.75 Å². The number of aromatic amines is 1. The summed E-state index contributed by atoms with van der Waals surface area (Å²) in [5, 5.41) is 5.51. The second-order valence-electron chi connectivity index (χ2n) is 8.69. The third kappa shape index (κ3) is 4.06. The smallest absolute Gasteiger partial charge is 0.258 e. The number of nitrogens with zero attached hydrogens (tertiary/aromatic N) is 2. The van der Waals surface area contributed by atoms with E-state index in [1.54, 1.807) is 12.1 Å². The first kappa shape index (κ1) is 21.9. The Morgan fingerprint density at radius 3 is 2.62 bits per heavy atom. The van der Waals surface area contributed by atoms with Gasteiger partial charge in [0, 0.05) is 18.5 Å². The molecule has 2 aliphatic rings. The fourth-order valence-electron chi connectivity index (χ4n) is 4.68. The van der Waals surface area contributed by atoms with Gasteiger partial charge in [0.25, 0.3) is 5.56 Å². The molecule has 0 bridgehead atoms. The summed E-state index contributed by atoms with van der Waals surface area (Å²) in [5.74, 6) is -0.677. The molecule has 2 aliphatic heterocycles. The van der Waals surface area contributed by atoms with Gasteiger partial charge < -0.3 is 20.3 Å². The van der Waals surface area contributed by atoms with Crippen LogP contribution in [0.1, 0.15) is 56.6 Å². The minimum Gasteiger partial charge on any atom is -0.495 e. The number of methoxy groups -OCH3 is 1. The molecule has 32 heavy (non-hydrogen) atoms. The molecule has 3 N–H and O–H groups in total. The van der Waals surface area contributed by atoms with Crippen LogP contribution in [0.25, 0.3) is 0 Å². The van der Waals surface area contributed by atoms with Gasteiger partial charge in [-0.05, 0) is 57.7 Å². The number of hydrogen-bond acceptors (Lipinski definition) is 6. The Kier molecular flexibility index (Phi) is 5.90. The first-order chi connectivity index (χ1) is 15.3. The largest absolute Gasteiger partial charge is 0.495 e. The minimum absolute atomic E-state index is 0.131. The van der Waals surface area contributed by atoms with Gasteiger partial charge >= 0.3 is 0 Å². The van der Waals surface area contributed by atoms with Crippen molar-refractivity contribution in [1.29, 1.82) is 0 Å². The van der Waals surface area contributed by atoms with Crippen molar-refractivity contribution in [1.82, 2.24) is 9.97 Å². The van der Waals surface area contributed by atoms with Crippen LogP contribution in [0.3, 0.4) is 0 Å². The second kappa shape index (κ2) is 8.64. The molecule has 1 aromatic carbocycles. The lowest BCUT2D eigenvalue weighted by molar-refractivity contribution is -0.123. The molecule has 0 saturated carbocycles. The zero-order valence-electron chi connectivity index (χ0n) is 18.8. The van der Waals surface area contributed by atoms with E-state index in [1.807, 2.05) is 13.0 Å². The van der Waals surface area contributed by atoms with E-state index in [9.17, 15) is 14.4 Å². The van der Waals surface area contributed by atoms with Crippen LogP contribution < -0.4 is 25.8 Å². The number of carbonyl (C=O) groups is 2. The van der Waals surface area contributed by atoms with Gasteiger partial charge in [-0.2, -0.15) is 4.98 Å². The van der Waals surface area contributed by atoms with Gasteiger partial charge in [-0.25, -0.2) is 0 Å². The molecule has 2 amide bonds. The number of hydrogen-bond donors (Lipinski definition) is 3. The molecule has 3 heterocycles. The van der Waals surface area contributed by atoms with E-state index >= 15 is 0 Å². The fraction of sp³-hybridized carbons (Fsp3) is 0.478. The lowest BCUT2D eigenvalue weighted by Gasteiger charge is -2.39. The highest BCUT2D eigenvalue weighted by atomic mass is 16.5. The van der Waals surface area contributed by atoms with E-state index < -0.39 is 17.4 Å². The average molecular weight is 440 g/mol. The summed E-state index contributed by atoms with van der Waals surface area (Å²) in [4.78, 5) is 48.2. The number of carbonyl (C=O) groups excluding carboxylic acids is 2. The van der Waals surface area contributed by atoms with Crippen LogP contribution >= 0.6 is 0 Å². The maximum absolute atomic E-state index is 13.2. The summed E-state index contributed by atoms with van der Waals surface area (Å²) in [6, 6.07) is 5.84. The zero-order valence-corrected chi connectivity index (χ0v) is 18.8. The number of ether oxygens (including phenoxy) is 1. The van der Waals surface area contributed by atoms with Crippen LogP contribution in [-0.4, -0.2) is 41.0 Å². The van der Waals surface area contributed by atoms with Gasteiger partial charge in [0.05, 0.1) is 24.3 Å². The third-order valence-electron chi connectivity index (χ3n) is 6.31. The predicted octanol–water partition coefficient (Wildman–Crippen LogP) is 2.92. The average Bonchev–Trinajstić information content (AvgIpc) is 2.73. The Morgan fingerprint density at radius 1 is 1.22 bits per heavy atom. The zero-order chi connectivity index (χ0) is 23.0. The topological polar surface area (TPSA) is 116 Å². The molecule has 1 saturated heterocycles. The Balaban J connectivity index is 1.69. The van der Waals surface area contributed by atoms with E-state index in [0.29, 0.717) is 17.4 Å². The van der Waals surface area contributed by atoms with Crippen LogP contribution in [0.4, 0.5) is 17.5 Å². The van der Waals surface area contributed by atoms with Crippen molar-refractivity contribution in [2.75, 3.05) is 22.6 Å². The molecule has 1 aromatic heterocycles. The first-order valence-electron chi connectivity index (χ1n) is 11.0. The van der Waals surface area contributed by atoms with E-state index in [0.717, 1.165) is 24.8 Å². The highest BCUT2D eigenvalue weighted by molar-refractivity contribution is 6.05. The molecule has 3 atom stereocenters. The summed E-state index contributed by atoms with van der Waals surface area (Å²) < 4.78 is 5.33. The van der Waals surface area contributed by atoms with E-state index in [1.165, 1.54) is 7.11 Å². The Bertz CT molecular complexity index is 1100. The highest BCUT2D eigenvalue weighted by Gasteiger charge is 2.36. The van der Waals surface area contributed by atoms with Crippen LogP contribution in [0.15, 0.2) is 23.0 Å². The molecule has 0 spiro atoms. The number of piperidine rings is 1. The number of nitrogens with one attached hydrogen (secondary N) is 3. The molecule has 2 aromatic rings. The summed E-state index contributed by atoms with van der Waals surface area (Å²) in [7, 11) is 1.52. The van der Waals surface area contributed by atoms with Gasteiger partial charge in [0.1, 0.15) is 11.6 Å². The quantitative estimate of drug-likeness (QED) is 0.675. The molecular formula is C23H29N5O4. The van der Waals surface area contributed by atoms with Gasteiger partial charge in [-0.3, -0.25) is 19.4 Å². The van der Waals surface area contributed by atoms with E-state index in [4.69, 9.17) is 4.74 Å². The Labute approximate surface area is 186 Å². The van der Waals surface area contributed by atoms with Gasteiger partial charge in [0.15, 0.2) is 0 Å². The fourth-order valence-corrected chi connectivity index (χ4v) is 4.68. The lowest BCUT2D eigenvalue weighted by atomic mass is 9.92. The van der Waals surface area contributed by atoms with Crippen molar-refractivity contribution in [3.05, 3.63) is 39.7 Å². The predicted molar refractivity (Wildman–Crippen MR) is 122 cm³/mol. The summed E-state index contributed by atoms with van der Waals surface area (Å²) in [5.41, 5.74) is 1.19. The van der Waals surface area contributed by atoms with Gasteiger partial charge in [-0.15, -0.1) is 0 Å². The molecule has 170 valence electrons. The molecule has 9 nitrogen and oxygen atoms in total. The number of aryl methyl sites for hydroxylation is 1. The number of amides is 2. The highest BCUT2D eigenvalue weighted by Crippen LogP contribution is 2.33. The van der Waals surface area contributed by atoms with Crippen molar-refractivity contribution in [2.24, 2.45) is 0 Å². The Morgan fingerprint density at radius 2 is 1.94 bits per heavy atom. The standard InChI is InChI=1S/C23H29N5O4/c1-12-8-9-17(32-4)16(10-12)24-21(30)15-11-18(29)25-20-19(15)22(31)27-23(26-20)28-13(2)6-5-7-14(28)3/h8-10,13-15H,5-7,11H2,1-4H3,(H,24,30)(H2,25,26,27,29,31). The number of H-pyrrole nitrogens is 1. The monoisotopic (exact) mass is 439 g/mol. The summed E-state index contributed by atoms with van der Waals surface area (Å²) >= 11 is 0. The number of aromatic nitrogens is 2. The first-order valence-corrected chi connectivity index (χ1v) is 11.0. The van der Waals surface area contributed by atoms with Crippen LogP contribution in [0.2, 0.25) is 0 Å². The molecule has 0 radical (unpaired) electrons. The van der Waals surface area contributed by atoms with Crippen molar-refractivity contribution < 1.29 is 14.3 Å². The lowest BCUT2D eigenvalue weighted by Crippen LogP contribution is -2.46. The second-order valence-corrected chi connectivity index (χ2v) is 8.69. The van der Waals surface area contributed by atoms with E-state index in [-0.39, 0.29) is 35.8 Å². The SMILES string of the molecule is COc1ccc(C)cc1NC(=O)C1CC(=O)Nc2nc(N3C(C)CCCC3C)[nH]c(=O)c21. The van der Waals surface area contributed by atoms with Crippen LogP contribution in [-0.2, 0) is 9.59 Å². The summed E-state index contributed by atoms with van der Waals surface area (Å²) in [6.07, 6.45) is 2.99. The number of fused-ring (bicyclic) bond motifs is 1. The van der Waals surface area contributed by atoms with Crippen LogP contribution in [0, 0.1) is 6.92 Å². The number of rotatable bonds is 4. The number of benzene rings is 1. The normalized spacial score (nSPS) is 22.7. The molecule has 1 fully saturated rings. The maximum Gasteiger partial charge on any atom is 0.258 e. The molecule has 4 rings (SSSR count). The Hall–Kier alpha value is -3.36. The molecule has 3 unspecified atom stereocenters. The maximum atomic E-state index is 13.2. The van der Waals surface area contributed by atoms with Crippen molar-refractivity contribution in [3.63, 3.8) is 0 Å². The van der Waals surface area contributed by atoms with Crippen molar-refractivity contribution >= 4 is 29.3 Å². The van der Waals surface area contributed by atoms with E-state index in [2.05, 4.69) is 39.3 Å². The third-order valence-corrected chi connectivity index (χ3v) is 6.31. The molecule has 9 heteroatoms. The van der Waals surface area contributed by atoms with Gasteiger partial charge in [-0.1, -0.05) is 6.07 Å².